The number of alkyl halides is 3. The van der Waals surface area contributed by atoms with Crippen molar-refractivity contribution in [2.24, 2.45) is 11.1 Å². The van der Waals surface area contributed by atoms with E-state index in [1.54, 1.807) is 19.1 Å². The normalized spacial score (nSPS) is 15.5. The van der Waals surface area contributed by atoms with Crippen molar-refractivity contribution in [2.45, 2.75) is 51.8 Å². The molecule has 0 aromatic heterocycles. The van der Waals surface area contributed by atoms with Gasteiger partial charge in [0.2, 0.25) is 0 Å². The van der Waals surface area contributed by atoms with E-state index in [0.29, 0.717) is 17.0 Å². The molecule has 2 aromatic carbocycles. The first-order chi connectivity index (χ1) is 14.8. The fourth-order valence-corrected chi connectivity index (χ4v) is 3.54. The largest absolute Gasteiger partial charge is 0.486 e. The molecule has 1 saturated carbocycles. The zero-order valence-electron chi connectivity index (χ0n) is 17.5. The highest BCUT2D eigenvalue weighted by atomic mass is 19.4. The zero-order chi connectivity index (χ0) is 22.3. The van der Waals surface area contributed by atoms with Gasteiger partial charge in [0, 0.05) is 5.92 Å². The van der Waals surface area contributed by atoms with Crippen LogP contribution in [0, 0.1) is 5.92 Å². The van der Waals surface area contributed by atoms with Crippen molar-refractivity contribution in [3.8, 4) is 5.75 Å². The molecule has 0 spiro atoms. The van der Waals surface area contributed by atoms with Crippen molar-refractivity contribution >= 4 is 11.5 Å². The molecule has 2 aromatic rings. The Balaban J connectivity index is 1.47. The second kappa shape index (κ2) is 10.5. The van der Waals surface area contributed by atoms with Gasteiger partial charge < -0.3 is 9.57 Å². The molecule has 0 saturated heterocycles. The lowest BCUT2D eigenvalue weighted by molar-refractivity contribution is -0.137. The van der Waals surface area contributed by atoms with Crippen LogP contribution in [0.1, 0.15) is 55.7 Å². The van der Waals surface area contributed by atoms with E-state index in [1.165, 1.54) is 18.6 Å². The molecule has 166 valence electrons. The number of hydrogen-bond donors (Lipinski definition) is 0. The topological polar surface area (TPSA) is 47.9 Å². The van der Waals surface area contributed by atoms with Crippen molar-refractivity contribution in [1.29, 1.82) is 0 Å². The van der Waals surface area contributed by atoms with E-state index in [2.05, 4.69) is 5.16 Å². The molecular formula is C24H26F3NO3. The van der Waals surface area contributed by atoms with Gasteiger partial charge in [-0.2, -0.15) is 13.2 Å². The lowest BCUT2D eigenvalue weighted by Crippen LogP contribution is -2.23. The van der Waals surface area contributed by atoms with Crippen molar-refractivity contribution in [1.82, 2.24) is 0 Å². The molecule has 1 fully saturated rings. The Morgan fingerprint density at radius 3 is 2.26 bits per heavy atom. The van der Waals surface area contributed by atoms with Gasteiger partial charge >= 0.3 is 6.18 Å². The fourth-order valence-electron chi connectivity index (χ4n) is 3.54. The number of halogens is 3. The molecule has 0 unspecified atom stereocenters. The molecule has 31 heavy (non-hydrogen) atoms. The standard InChI is InChI=1S/C24H26F3NO3/c1-17(28-31-15-18-7-11-21(12-8-18)24(25,26)27)19-9-13-22(14-10-19)30-16-23(29)20-5-3-2-4-6-20/h7-14,20H,2-6,15-16H2,1H3. The van der Waals surface area contributed by atoms with E-state index in [1.807, 2.05) is 12.1 Å². The van der Waals surface area contributed by atoms with Crippen LogP contribution in [0.15, 0.2) is 53.7 Å². The smallest absolute Gasteiger partial charge is 0.416 e. The van der Waals surface area contributed by atoms with Gasteiger partial charge in [0.25, 0.3) is 0 Å². The van der Waals surface area contributed by atoms with E-state index < -0.39 is 11.7 Å². The summed E-state index contributed by atoms with van der Waals surface area (Å²) < 4.78 is 43.4. The number of hydrogen-bond acceptors (Lipinski definition) is 4. The maximum absolute atomic E-state index is 12.6. The molecule has 0 N–H and O–H groups in total. The van der Waals surface area contributed by atoms with Gasteiger partial charge in [0.1, 0.15) is 19.0 Å². The van der Waals surface area contributed by atoms with Crippen molar-refractivity contribution in [3.05, 3.63) is 65.2 Å². The lowest BCUT2D eigenvalue weighted by atomic mass is 9.86. The lowest BCUT2D eigenvalue weighted by Gasteiger charge is -2.20. The van der Waals surface area contributed by atoms with E-state index >= 15 is 0 Å². The Morgan fingerprint density at radius 1 is 1.00 bits per heavy atom. The maximum Gasteiger partial charge on any atom is 0.416 e. The van der Waals surface area contributed by atoms with Gasteiger partial charge in [-0.1, -0.05) is 36.6 Å². The SMILES string of the molecule is CC(=NOCc1ccc(C(F)(F)F)cc1)c1ccc(OCC(=O)C2CCCCC2)cc1. The van der Waals surface area contributed by atoms with Crippen LogP contribution in [0.25, 0.3) is 0 Å². The van der Waals surface area contributed by atoms with Crippen molar-refractivity contribution in [2.75, 3.05) is 6.61 Å². The predicted octanol–water partition coefficient (Wildman–Crippen LogP) is 6.17. The van der Waals surface area contributed by atoms with E-state index in [4.69, 9.17) is 9.57 Å². The van der Waals surface area contributed by atoms with Crippen LogP contribution < -0.4 is 4.74 Å². The minimum absolute atomic E-state index is 0.0694. The summed E-state index contributed by atoms with van der Waals surface area (Å²) in [5.74, 6) is 0.911. The third kappa shape index (κ3) is 6.84. The number of nitrogens with zero attached hydrogens (tertiary/aromatic N) is 1. The van der Waals surface area contributed by atoms with Gasteiger partial charge in [-0.15, -0.1) is 0 Å². The molecule has 0 atom stereocenters. The fraction of sp³-hybridized carbons (Fsp3) is 0.417. The first-order valence-electron chi connectivity index (χ1n) is 10.4. The van der Waals surface area contributed by atoms with Crippen LogP contribution >= 0.6 is 0 Å². The van der Waals surface area contributed by atoms with Crippen LogP contribution in [0.2, 0.25) is 0 Å². The maximum atomic E-state index is 12.6. The predicted molar refractivity (Wildman–Crippen MR) is 112 cm³/mol. The van der Waals surface area contributed by atoms with E-state index in [9.17, 15) is 18.0 Å². The summed E-state index contributed by atoms with van der Waals surface area (Å²) in [6.45, 7) is 1.93. The highest BCUT2D eigenvalue weighted by molar-refractivity contribution is 5.98. The minimum atomic E-state index is -4.35. The second-order valence-corrected chi connectivity index (χ2v) is 7.76. The number of carbonyl (C=O) groups excluding carboxylic acids is 1. The van der Waals surface area contributed by atoms with Crippen molar-refractivity contribution in [3.63, 3.8) is 0 Å². The van der Waals surface area contributed by atoms with Crippen LogP contribution in [0.3, 0.4) is 0 Å². The highest BCUT2D eigenvalue weighted by Crippen LogP contribution is 2.29. The summed E-state index contributed by atoms with van der Waals surface area (Å²) in [7, 11) is 0. The van der Waals surface area contributed by atoms with Crippen molar-refractivity contribution < 1.29 is 27.5 Å². The molecule has 4 nitrogen and oxygen atoms in total. The van der Waals surface area contributed by atoms with E-state index in [0.717, 1.165) is 43.4 Å². The number of rotatable bonds is 8. The molecule has 0 heterocycles. The molecule has 0 bridgehead atoms. The first-order valence-corrected chi connectivity index (χ1v) is 10.4. The highest BCUT2D eigenvalue weighted by Gasteiger charge is 2.29. The summed E-state index contributed by atoms with van der Waals surface area (Å²) >= 11 is 0. The molecule has 0 amide bonds. The monoisotopic (exact) mass is 433 g/mol. The van der Waals surface area contributed by atoms with Crippen LogP contribution in [0.4, 0.5) is 13.2 Å². The third-order valence-corrected chi connectivity index (χ3v) is 5.43. The van der Waals surface area contributed by atoms with Gasteiger partial charge in [-0.25, -0.2) is 0 Å². The Labute approximate surface area is 180 Å². The number of oxime groups is 1. The molecule has 0 aliphatic heterocycles. The Morgan fingerprint density at radius 2 is 1.65 bits per heavy atom. The number of carbonyl (C=O) groups is 1. The average molecular weight is 433 g/mol. The van der Waals surface area contributed by atoms with Crippen LogP contribution in [-0.4, -0.2) is 18.1 Å². The summed E-state index contributed by atoms with van der Waals surface area (Å²) in [5, 5.41) is 4.03. The summed E-state index contributed by atoms with van der Waals surface area (Å²) in [5.41, 5.74) is 1.34. The molecule has 0 radical (unpaired) electrons. The van der Waals surface area contributed by atoms with E-state index in [-0.39, 0.29) is 24.9 Å². The molecule has 7 heteroatoms. The van der Waals surface area contributed by atoms with Crippen LogP contribution in [-0.2, 0) is 22.4 Å². The quantitative estimate of drug-likeness (QED) is 0.369. The number of ketones is 1. The van der Waals surface area contributed by atoms with Gasteiger partial charge in [-0.05, 0) is 67.3 Å². The Hall–Kier alpha value is -2.83. The molecular weight excluding hydrogens is 407 g/mol. The summed E-state index contributed by atoms with van der Waals surface area (Å²) in [6, 6.07) is 12.0. The van der Waals surface area contributed by atoms with Crippen LogP contribution in [0.5, 0.6) is 5.75 Å². The Bertz CT molecular complexity index is 884. The Kier molecular flexibility index (Phi) is 7.71. The molecule has 1 aliphatic rings. The summed E-state index contributed by atoms with van der Waals surface area (Å²) in [4.78, 5) is 17.5. The third-order valence-electron chi connectivity index (χ3n) is 5.43. The number of benzene rings is 2. The zero-order valence-corrected chi connectivity index (χ0v) is 17.5. The number of Topliss-reactive ketones (excluding diaryl/α,β-unsaturated/α-hetero) is 1. The average Bonchev–Trinajstić information content (AvgIpc) is 2.78. The van der Waals surface area contributed by atoms with Gasteiger partial charge in [0.05, 0.1) is 11.3 Å². The van der Waals surface area contributed by atoms with Gasteiger partial charge in [0.15, 0.2) is 5.78 Å². The first kappa shape index (κ1) is 22.8. The second-order valence-electron chi connectivity index (χ2n) is 7.76. The minimum Gasteiger partial charge on any atom is -0.486 e. The molecule has 3 rings (SSSR count). The van der Waals surface area contributed by atoms with Gasteiger partial charge in [-0.3, -0.25) is 4.79 Å². The number of ether oxygens (including phenoxy) is 1. The molecule has 1 aliphatic carbocycles. The summed E-state index contributed by atoms with van der Waals surface area (Å²) in [6.07, 6.45) is 1.01.